The first-order valence-electron chi connectivity index (χ1n) is 7.62. The van der Waals surface area contributed by atoms with Crippen molar-refractivity contribution in [3.05, 3.63) is 35.4 Å². The van der Waals surface area contributed by atoms with Crippen LogP contribution in [0.25, 0.3) is 0 Å². The van der Waals surface area contributed by atoms with Crippen molar-refractivity contribution in [1.29, 1.82) is 0 Å². The fourth-order valence-electron chi connectivity index (χ4n) is 3.11. The fourth-order valence-corrected chi connectivity index (χ4v) is 3.11. The van der Waals surface area contributed by atoms with Crippen LogP contribution in [0.15, 0.2) is 18.2 Å². The predicted molar refractivity (Wildman–Crippen MR) is 78.0 cm³/mol. The molecule has 2 aliphatic rings. The highest BCUT2D eigenvalue weighted by Crippen LogP contribution is 2.48. The second-order valence-corrected chi connectivity index (χ2v) is 6.33. The molecule has 2 amide bonds. The Hall–Kier alpha value is -2.18. The average Bonchev–Trinajstić information content (AvgIpc) is 3.10. The average molecular weight is 324 g/mol. The number of carbonyl (C=O) groups excluding carboxylic acids is 1. The fraction of sp³-hybridized carbons (Fsp3) is 0.500. The Labute approximate surface area is 132 Å². The van der Waals surface area contributed by atoms with Gasteiger partial charge in [0, 0.05) is 31.1 Å². The lowest BCUT2D eigenvalue weighted by Gasteiger charge is -2.21. The van der Waals surface area contributed by atoms with Crippen LogP contribution in [-0.4, -0.2) is 41.6 Å². The Bertz CT molecular complexity index is 646. The van der Waals surface area contributed by atoms with Crippen LogP contribution >= 0.6 is 0 Å². The van der Waals surface area contributed by atoms with Crippen molar-refractivity contribution in [2.45, 2.75) is 24.7 Å². The first-order valence-corrected chi connectivity index (χ1v) is 7.62. The minimum Gasteiger partial charge on any atom is -0.481 e. The van der Waals surface area contributed by atoms with Gasteiger partial charge in [0.15, 0.2) is 0 Å². The van der Waals surface area contributed by atoms with Gasteiger partial charge in [-0.15, -0.1) is 0 Å². The summed E-state index contributed by atoms with van der Waals surface area (Å²) in [7, 11) is 0. The van der Waals surface area contributed by atoms with E-state index in [1.165, 1.54) is 17.0 Å². The molecule has 2 N–H and O–H groups in total. The highest BCUT2D eigenvalue weighted by Gasteiger charge is 2.46. The van der Waals surface area contributed by atoms with E-state index >= 15 is 0 Å². The molecule has 1 saturated heterocycles. The van der Waals surface area contributed by atoms with Gasteiger partial charge in [0.1, 0.15) is 11.6 Å². The Kier molecular flexibility index (Phi) is 3.95. The van der Waals surface area contributed by atoms with Gasteiger partial charge in [-0.3, -0.25) is 4.79 Å². The smallest absolute Gasteiger partial charge is 0.317 e. The van der Waals surface area contributed by atoms with Gasteiger partial charge in [0.05, 0.1) is 5.92 Å². The topological polar surface area (TPSA) is 69.6 Å². The lowest BCUT2D eigenvalue weighted by molar-refractivity contribution is -0.141. The van der Waals surface area contributed by atoms with E-state index < -0.39 is 28.9 Å². The van der Waals surface area contributed by atoms with Gasteiger partial charge in [-0.05, 0) is 30.9 Å². The lowest BCUT2D eigenvalue weighted by atomic mass is 9.95. The molecule has 1 heterocycles. The standard InChI is InChI=1S/C16H18F2N2O3/c17-11-1-2-12(13(18)7-11)16(4-5-16)9-19-15(23)20-6-3-10(8-20)14(21)22/h1-2,7,10H,3-6,8-9H2,(H,19,23)(H,21,22). The quantitative estimate of drug-likeness (QED) is 0.891. The molecule has 1 unspecified atom stereocenters. The lowest BCUT2D eigenvalue weighted by Crippen LogP contribution is -2.42. The number of halogens is 2. The van der Waals surface area contributed by atoms with E-state index in [0.29, 0.717) is 18.5 Å². The zero-order chi connectivity index (χ0) is 16.6. The number of carbonyl (C=O) groups is 2. The molecule has 1 aliphatic heterocycles. The number of aliphatic carboxylic acids is 1. The summed E-state index contributed by atoms with van der Waals surface area (Å²) in [6, 6.07) is 3.18. The number of amides is 2. The van der Waals surface area contributed by atoms with Crippen LogP contribution in [0.1, 0.15) is 24.8 Å². The number of nitrogens with zero attached hydrogens (tertiary/aromatic N) is 1. The number of rotatable bonds is 4. The number of hydrogen-bond acceptors (Lipinski definition) is 2. The maximum atomic E-state index is 13.9. The van der Waals surface area contributed by atoms with Gasteiger partial charge < -0.3 is 15.3 Å². The normalized spacial score (nSPS) is 22.0. The summed E-state index contributed by atoms with van der Waals surface area (Å²) < 4.78 is 26.9. The molecule has 1 aromatic carbocycles. The zero-order valence-corrected chi connectivity index (χ0v) is 12.5. The first kappa shape index (κ1) is 15.7. The second kappa shape index (κ2) is 5.79. The Morgan fingerprint density at radius 2 is 2.09 bits per heavy atom. The van der Waals surface area contributed by atoms with Crippen molar-refractivity contribution in [2.75, 3.05) is 19.6 Å². The van der Waals surface area contributed by atoms with Crippen LogP contribution in [0.2, 0.25) is 0 Å². The minimum absolute atomic E-state index is 0.194. The van der Waals surface area contributed by atoms with Gasteiger partial charge in [0.2, 0.25) is 0 Å². The first-order chi connectivity index (χ1) is 10.9. The van der Waals surface area contributed by atoms with Gasteiger partial charge in [-0.2, -0.15) is 0 Å². The highest BCUT2D eigenvalue weighted by molar-refractivity contribution is 5.77. The molecule has 124 valence electrons. The molecule has 7 heteroatoms. The number of likely N-dealkylation sites (tertiary alicyclic amines) is 1. The third kappa shape index (κ3) is 3.13. The van der Waals surface area contributed by atoms with E-state index in [4.69, 9.17) is 5.11 Å². The summed E-state index contributed by atoms with van der Waals surface area (Å²) in [5, 5.41) is 11.7. The van der Waals surface area contributed by atoms with Crippen LogP contribution in [-0.2, 0) is 10.2 Å². The van der Waals surface area contributed by atoms with E-state index in [-0.39, 0.29) is 19.1 Å². The summed E-state index contributed by atoms with van der Waals surface area (Å²) in [6.45, 7) is 0.864. The molecule has 5 nitrogen and oxygen atoms in total. The van der Waals surface area contributed by atoms with Crippen molar-refractivity contribution < 1.29 is 23.5 Å². The van der Waals surface area contributed by atoms with E-state index in [1.807, 2.05) is 0 Å². The summed E-state index contributed by atoms with van der Waals surface area (Å²) in [5.74, 6) is -2.63. The van der Waals surface area contributed by atoms with E-state index in [2.05, 4.69) is 5.32 Å². The summed E-state index contributed by atoms with van der Waals surface area (Å²) in [6.07, 6.45) is 1.90. The molecule has 0 spiro atoms. The van der Waals surface area contributed by atoms with Gasteiger partial charge in [0.25, 0.3) is 0 Å². The number of urea groups is 1. The van der Waals surface area contributed by atoms with Crippen LogP contribution in [0, 0.1) is 17.6 Å². The molecular formula is C16H18F2N2O3. The number of nitrogens with one attached hydrogen (secondary N) is 1. The van der Waals surface area contributed by atoms with Crippen molar-refractivity contribution in [3.8, 4) is 0 Å². The summed E-state index contributed by atoms with van der Waals surface area (Å²) in [4.78, 5) is 24.5. The minimum atomic E-state index is -0.896. The molecular weight excluding hydrogens is 306 g/mol. The highest BCUT2D eigenvalue weighted by atomic mass is 19.1. The van der Waals surface area contributed by atoms with Crippen molar-refractivity contribution in [1.82, 2.24) is 10.2 Å². The number of benzene rings is 1. The monoisotopic (exact) mass is 324 g/mol. The van der Waals surface area contributed by atoms with Crippen molar-refractivity contribution in [2.24, 2.45) is 5.92 Å². The molecule has 3 rings (SSSR count). The van der Waals surface area contributed by atoms with Crippen molar-refractivity contribution in [3.63, 3.8) is 0 Å². The maximum absolute atomic E-state index is 13.9. The molecule has 23 heavy (non-hydrogen) atoms. The molecule has 0 aromatic heterocycles. The van der Waals surface area contributed by atoms with Crippen LogP contribution in [0.3, 0.4) is 0 Å². The van der Waals surface area contributed by atoms with Crippen molar-refractivity contribution >= 4 is 12.0 Å². The third-order valence-electron chi connectivity index (χ3n) is 4.76. The van der Waals surface area contributed by atoms with E-state index in [0.717, 1.165) is 18.9 Å². The maximum Gasteiger partial charge on any atom is 0.317 e. The van der Waals surface area contributed by atoms with Gasteiger partial charge in [-0.25, -0.2) is 13.6 Å². The molecule has 1 atom stereocenters. The molecule has 1 aromatic rings. The molecule has 1 saturated carbocycles. The zero-order valence-electron chi connectivity index (χ0n) is 12.5. The summed E-state index contributed by atoms with van der Waals surface area (Å²) in [5.41, 5.74) is -0.0524. The molecule has 0 bridgehead atoms. The molecule has 1 aliphatic carbocycles. The SMILES string of the molecule is O=C(O)C1CCN(C(=O)NCC2(c3ccc(F)cc3F)CC2)C1. The summed E-state index contributed by atoms with van der Waals surface area (Å²) >= 11 is 0. The molecule has 2 fully saturated rings. The Morgan fingerprint density at radius 3 is 2.65 bits per heavy atom. The van der Waals surface area contributed by atoms with E-state index in [1.54, 1.807) is 0 Å². The van der Waals surface area contributed by atoms with Gasteiger partial charge >= 0.3 is 12.0 Å². The predicted octanol–water partition coefficient (Wildman–Crippen LogP) is 2.11. The Balaban J connectivity index is 1.60. The van der Waals surface area contributed by atoms with Crippen LogP contribution in [0.5, 0.6) is 0 Å². The number of hydrogen-bond donors (Lipinski definition) is 2. The van der Waals surface area contributed by atoms with Crippen LogP contribution in [0.4, 0.5) is 13.6 Å². The second-order valence-electron chi connectivity index (χ2n) is 6.33. The number of carboxylic acids is 1. The number of carboxylic acid groups (broad SMARTS) is 1. The van der Waals surface area contributed by atoms with Crippen LogP contribution < -0.4 is 5.32 Å². The molecule has 0 radical (unpaired) electrons. The van der Waals surface area contributed by atoms with E-state index in [9.17, 15) is 18.4 Å². The largest absolute Gasteiger partial charge is 0.481 e. The van der Waals surface area contributed by atoms with Gasteiger partial charge in [-0.1, -0.05) is 6.07 Å². The third-order valence-corrected chi connectivity index (χ3v) is 4.76. The Morgan fingerprint density at radius 1 is 1.35 bits per heavy atom.